The Hall–Kier alpha value is -1.41. The monoisotopic (exact) mass is 397 g/mol. The Kier molecular flexibility index (Phi) is 6.02. The molecule has 2 atom stereocenters. The van der Waals surface area contributed by atoms with Crippen molar-refractivity contribution in [2.24, 2.45) is 5.92 Å². The van der Waals surface area contributed by atoms with Gasteiger partial charge in [0.1, 0.15) is 11.0 Å². The molecule has 0 amide bonds. The average molecular weight is 398 g/mol. The van der Waals surface area contributed by atoms with Crippen LogP contribution in [0.5, 0.6) is 0 Å². The third kappa shape index (κ3) is 4.11. The number of halogens is 1. The number of nitrogens with zero attached hydrogens (tertiary/aromatic N) is 2. The van der Waals surface area contributed by atoms with Gasteiger partial charge in [0.05, 0.1) is 10.7 Å². The highest BCUT2D eigenvalue weighted by molar-refractivity contribution is 7.89. The Labute approximate surface area is 159 Å². The van der Waals surface area contributed by atoms with Gasteiger partial charge in [0.2, 0.25) is 10.0 Å². The topological polar surface area (TPSA) is 73.2 Å². The fourth-order valence-corrected chi connectivity index (χ4v) is 5.04. The molecule has 1 aromatic carbocycles. The first kappa shape index (κ1) is 19.4. The van der Waals surface area contributed by atoms with Gasteiger partial charge in [-0.3, -0.25) is 4.68 Å². The summed E-state index contributed by atoms with van der Waals surface area (Å²) < 4.78 is 35.9. The molecule has 1 aliphatic rings. The van der Waals surface area contributed by atoms with E-state index >= 15 is 0 Å². The summed E-state index contributed by atoms with van der Waals surface area (Å²) in [5, 5.41) is 4.54. The lowest BCUT2D eigenvalue weighted by Crippen LogP contribution is -2.36. The van der Waals surface area contributed by atoms with Crippen LogP contribution >= 0.6 is 11.6 Å². The van der Waals surface area contributed by atoms with Crippen molar-refractivity contribution in [2.45, 2.75) is 44.2 Å². The number of ether oxygens (including phenoxy) is 1. The van der Waals surface area contributed by atoms with Crippen LogP contribution in [0.25, 0.3) is 0 Å². The lowest BCUT2D eigenvalue weighted by molar-refractivity contribution is -0.0311. The van der Waals surface area contributed by atoms with E-state index in [4.69, 9.17) is 16.3 Å². The van der Waals surface area contributed by atoms with Crippen molar-refractivity contribution in [2.75, 3.05) is 13.2 Å². The number of nitrogens with one attached hydrogen (secondary N) is 1. The van der Waals surface area contributed by atoms with Crippen LogP contribution in [-0.4, -0.2) is 31.3 Å². The molecular formula is C18H24ClN3O3S. The number of aryl methyl sites for hydroxylation is 2. The van der Waals surface area contributed by atoms with Crippen LogP contribution in [-0.2, 0) is 21.3 Å². The first-order valence-electron chi connectivity index (χ1n) is 8.81. The summed E-state index contributed by atoms with van der Waals surface area (Å²) in [6.07, 6.45) is 3.39. The first-order chi connectivity index (χ1) is 12.4. The van der Waals surface area contributed by atoms with Crippen LogP contribution in [0, 0.1) is 12.8 Å². The molecule has 8 heteroatoms. The fraction of sp³-hybridized carbons (Fsp3) is 0.500. The van der Waals surface area contributed by atoms with Crippen LogP contribution in [0.3, 0.4) is 0 Å². The summed E-state index contributed by atoms with van der Waals surface area (Å²) in [5.41, 5.74) is 1.91. The molecule has 0 radical (unpaired) electrons. The molecule has 0 unspecified atom stereocenters. The molecule has 1 N–H and O–H groups in total. The van der Waals surface area contributed by atoms with Crippen molar-refractivity contribution in [3.8, 4) is 0 Å². The number of rotatable bonds is 6. The second kappa shape index (κ2) is 8.08. The van der Waals surface area contributed by atoms with E-state index in [1.807, 2.05) is 24.6 Å². The van der Waals surface area contributed by atoms with E-state index in [1.165, 1.54) is 0 Å². The largest absolute Gasteiger partial charge is 0.372 e. The van der Waals surface area contributed by atoms with E-state index in [0.29, 0.717) is 13.2 Å². The molecule has 0 spiro atoms. The Morgan fingerprint density at radius 1 is 1.38 bits per heavy atom. The van der Waals surface area contributed by atoms with Crippen molar-refractivity contribution in [3.63, 3.8) is 0 Å². The Morgan fingerprint density at radius 2 is 2.19 bits per heavy atom. The standard InChI is InChI=1S/C18H24ClN3O3S/c1-3-22-16(8-9-20-22)18-14(5-4-10-25-18)12-21-26(23,24)17-7-6-13(2)11-15(17)19/h6-9,11,14,18,21H,3-5,10,12H2,1-2H3/t14-,18+/m0/s1. The lowest BCUT2D eigenvalue weighted by Gasteiger charge is -2.32. The molecule has 142 valence electrons. The minimum Gasteiger partial charge on any atom is -0.372 e. The molecule has 6 nitrogen and oxygen atoms in total. The van der Waals surface area contributed by atoms with Gasteiger partial charge in [-0.05, 0) is 50.5 Å². The molecule has 0 saturated carbocycles. The summed E-state index contributed by atoms with van der Waals surface area (Å²) in [6, 6.07) is 6.88. The highest BCUT2D eigenvalue weighted by Crippen LogP contribution is 2.33. The highest BCUT2D eigenvalue weighted by Gasteiger charge is 2.31. The van der Waals surface area contributed by atoms with E-state index in [1.54, 1.807) is 24.4 Å². The Balaban J connectivity index is 1.76. The van der Waals surface area contributed by atoms with Crippen LogP contribution in [0.1, 0.15) is 37.1 Å². The van der Waals surface area contributed by atoms with E-state index in [9.17, 15) is 8.42 Å². The van der Waals surface area contributed by atoms with Crippen molar-refractivity contribution in [3.05, 3.63) is 46.7 Å². The van der Waals surface area contributed by atoms with E-state index in [-0.39, 0.29) is 21.9 Å². The first-order valence-corrected chi connectivity index (χ1v) is 10.7. The number of hydrogen-bond donors (Lipinski definition) is 1. The second-order valence-electron chi connectivity index (χ2n) is 6.55. The van der Waals surface area contributed by atoms with E-state index in [0.717, 1.165) is 30.6 Å². The molecule has 1 aromatic heterocycles. The summed E-state index contributed by atoms with van der Waals surface area (Å²) >= 11 is 6.13. The zero-order chi connectivity index (χ0) is 18.7. The summed E-state index contributed by atoms with van der Waals surface area (Å²) in [5.74, 6) is 0.0461. The number of hydrogen-bond acceptors (Lipinski definition) is 4. The maximum absolute atomic E-state index is 12.7. The molecule has 0 bridgehead atoms. The number of benzene rings is 1. The third-order valence-electron chi connectivity index (χ3n) is 4.70. The van der Waals surface area contributed by atoms with Gasteiger partial charge in [-0.1, -0.05) is 17.7 Å². The summed E-state index contributed by atoms with van der Waals surface area (Å²) in [4.78, 5) is 0.108. The van der Waals surface area contributed by atoms with Gasteiger partial charge in [0.15, 0.2) is 0 Å². The summed E-state index contributed by atoms with van der Waals surface area (Å²) in [6.45, 7) is 5.62. The zero-order valence-corrected chi connectivity index (χ0v) is 16.6. The Morgan fingerprint density at radius 3 is 2.92 bits per heavy atom. The van der Waals surface area contributed by atoms with Gasteiger partial charge in [-0.15, -0.1) is 0 Å². The predicted octanol–water partition coefficient (Wildman–Crippen LogP) is 3.31. The van der Waals surface area contributed by atoms with Gasteiger partial charge in [-0.2, -0.15) is 5.10 Å². The molecule has 1 aliphatic heterocycles. The smallest absolute Gasteiger partial charge is 0.242 e. The van der Waals surface area contributed by atoms with E-state index < -0.39 is 10.0 Å². The van der Waals surface area contributed by atoms with Gasteiger partial charge in [0.25, 0.3) is 0 Å². The normalized spacial score (nSPS) is 21.0. The third-order valence-corrected chi connectivity index (χ3v) is 6.60. The maximum Gasteiger partial charge on any atom is 0.242 e. The quantitative estimate of drug-likeness (QED) is 0.811. The number of sulfonamides is 1. The lowest BCUT2D eigenvalue weighted by atomic mass is 9.92. The van der Waals surface area contributed by atoms with Crippen molar-refractivity contribution < 1.29 is 13.2 Å². The molecule has 2 heterocycles. The van der Waals surface area contributed by atoms with Crippen molar-refractivity contribution >= 4 is 21.6 Å². The molecule has 0 aliphatic carbocycles. The summed E-state index contributed by atoms with van der Waals surface area (Å²) in [7, 11) is -3.67. The predicted molar refractivity (Wildman–Crippen MR) is 101 cm³/mol. The van der Waals surface area contributed by atoms with Gasteiger partial charge in [-0.25, -0.2) is 13.1 Å². The minimum atomic E-state index is -3.67. The average Bonchev–Trinajstić information content (AvgIpc) is 3.08. The molecule has 2 aromatic rings. The molecular weight excluding hydrogens is 374 g/mol. The van der Waals surface area contributed by atoms with E-state index in [2.05, 4.69) is 9.82 Å². The molecule has 1 saturated heterocycles. The fourth-order valence-electron chi connectivity index (χ4n) is 3.35. The molecule has 26 heavy (non-hydrogen) atoms. The highest BCUT2D eigenvalue weighted by atomic mass is 35.5. The van der Waals surface area contributed by atoms with Crippen LogP contribution in [0.15, 0.2) is 35.4 Å². The van der Waals surface area contributed by atoms with Crippen LogP contribution < -0.4 is 4.72 Å². The van der Waals surface area contributed by atoms with Crippen molar-refractivity contribution in [1.82, 2.24) is 14.5 Å². The van der Waals surface area contributed by atoms with Gasteiger partial charge in [0, 0.05) is 31.8 Å². The zero-order valence-electron chi connectivity index (χ0n) is 15.0. The van der Waals surface area contributed by atoms with Crippen molar-refractivity contribution in [1.29, 1.82) is 0 Å². The van der Waals surface area contributed by atoms with Gasteiger partial charge >= 0.3 is 0 Å². The maximum atomic E-state index is 12.7. The SMILES string of the molecule is CCn1nccc1[C@@H]1OCCC[C@H]1CNS(=O)(=O)c1ccc(C)cc1Cl. The van der Waals surface area contributed by atoms with Crippen LogP contribution in [0.4, 0.5) is 0 Å². The minimum absolute atomic E-state index is 0.0461. The molecule has 1 fully saturated rings. The number of aromatic nitrogens is 2. The van der Waals surface area contributed by atoms with Crippen LogP contribution in [0.2, 0.25) is 5.02 Å². The molecule has 3 rings (SSSR count). The van der Waals surface area contributed by atoms with Gasteiger partial charge < -0.3 is 4.74 Å². The second-order valence-corrected chi connectivity index (χ2v) is 8.69. The Bertz CT molecular complexity index is 866.